The maximum absolute atomic E-state index is 12.2. The van der Waals surface area contributed by atoms with Crippen molar-refractivity contribution in [1.82, 2.24) is 10.6 Å². The molecule has 0 aromatic heterocycles. The second-order valence-electron chi connectivity index (χ2n) is 5.22. The molecule has 21 heavy (non-hydrogen) atoms. The molecule has 1 aliphatic rings. The molecule has 0 saturated carbocycles. The number of carbonyl (C=O) groups is 1. The summed E-state index contributed by atoms with van der Waals surface area (Å²) in [6, 6.07) is 13.5. The zero-order valence-corrected chi connectivity index (χ0v) is 12.4. The standard InChI is InChI=1S/C17H17ClN2O/c18-16-3-1-2-12(8-16)10-20-17(21)14-5-4-13-6-7-19-11-15(13)9-14/h1-5,8-9,19H,6-7,10-11H2,(H,20,21). The fourth-order valence-corrected chi connectivity index (χ4v) is 2.77. The summed E-state index contributed by atoms with van der Waals surface area (Å²) in [5.74, 6) is -0.0525. The number of benzene rings is 2. The average molecular weight is 301 g/mol. The number of fused-ring (bicyclic) bond motifs is 1. The third kappa shape index (κ3) is 3.43. The van der Waals surface area contributed by atoms with Crippen LogP contribution in [-0.2, 0) is 19.5 Å². The summed E-state index contributed by atoms with van der Waals surface area (Å²) < 4.78 is 0. The minimum Gasteiger partial charge on any atom is -0.348 e. The molecule has 0 bridgehead atoms. The Bertz CT molecular complexity index is 670. The van der Waals surface area contributed by atoms with E-state index in [2.05, 4.69) is 16.7 Å². The van der Waals surface area contributed by atoms with Crippen LogP contribution in [0.4, 0.5) is 0 Å². The van der Waals surface area contributed by atoms with E-state index in [0.717, 1.165) is 25.1 Å². The lowest BCUT2D eigenvalue weighted by Gasteiger charge is -2.17. The monoisotopic (exact) mass is 300 g/mol. The van der Waals surface area contributed by atoms with Crippen LogP contribution >= 0.6 is 11.6 Å². The highest BCUT2D eigenvalue weighted by molar-refractivity contribution is 6.30. The van der Waals surface area contributed by atoms with Crippen LogP contribution in [0.15, 0.2) is 42.5 Å². The van der Waals surface area contributed by atoms with E-state index in [1.807, 2.05) is 36.4 Å². The summed E-state index contributed by atoms with van der Waals surface area (Å²) in [4.78, 5) is 12.2. The molecule has 108 valence electrons. The predicted octanol–water partition coefficient (Wildman–Crippen LogP) is 2.92. The maximum Gasteiger partial charge on any atom is 0.251 e. The van der Waals surface area contributed by atoms with Crippen molar-refractivity contribution in [1.29, 1.82) is 0 Å². The van der Waals surface area contributed by atoms with E-state index in [1.165, 1.54) is 11.1 Å². The summed E-state index contributed by atoms with van der Waals surface area (Å²) >= 11 is 5.94. The molecule has 0 spiro atoms. The van der Waals surface area contributed by atoms with Crippen LogP contribution in [0.25, 0.3) is 0 Å². The average Bonchev–Trinajstić information content (AvgIpc) is 2.52. The SMILES string of the molecule is O=C(NCc1cccc(Cl)c1)c1ccc2c(c1)CNCC2. The Morgan fingerprint density at radius 1 is 1.19 bits per heavy atom. The fraction of sp³-hybridized carbons (Fsp3) is 0.235. The van der Waals surface area contributed by atoms with Crippen molar-refractivity contribution < 1.29 is 4.79 Å². The number of halogens is 1. The van der Waals surface area contributed by atoms with E-state index in [1.54, 1.807) is 0 Å². The molecule has 1 aliphatic heterocycles. The molecule has 4 heteroatoms. The van der Waals surface area contributed by atoms with Gasteiger partial charge in [-0.25, -0.2) is 0 Å². The lowest BCUT2D eigenvalue weighted by molar-refractivity contribution is 0.0951. The van der Waals surface area contributed by atoms with Crippen LogP contribution in [0, 0.1) is 0 Å². The Balaban J connectivity index is 1.68. The summed E-state index contributed by atoms with van der Waals surface area (Å²) in [6.45, 7) is 2.33. The third-order valence-electron chi connectivity index (χ3n) is 3.70. The van der Waals surface area contributed by atoms with Crippen molar-refractivity contribution in [3.8, 4) is 0 Å². The van der Waals surface area contributed by atoms with E-state index in [0.29, 0.717) is 17.1 Å². The molecule has 0 fully saturated rings. The maximum atomic E-state index is 12.2. The predicted molar refractivity (Wildman–Crippen MR) is 84.5 cm³/mol. The molecule has 3 nitrogen and oxygen atoms in total. The van der Waals surface area contributed by atoms with Crippen LogP contribution < -0.4 is 10.6 Å². The Morgan fingerprint density at radius 2 is 2.10 bits per heavy atom. The number of nitrogens with one attached hydrogen (secondary N) is 2. The molecule has 2 aromatic carbocycles. The number of carbonyl (C=O) groups excluding carboxylic acids is 1. The Hall–Kier alpha value is -1.84. The summed E-state index contributed by atoms with van der Waals surface area (Å²) in [6.07, 6.45) is 1.03. The fourth-order valence-electron chi connectivity index (χ4n) is 2.55. The minimum absolute atomic E-state index is 0.0525. The second-order valence-corrected chi connectivity index (χ2v) is 5.66. The zero-order chi connectivity index (χ0) is 14.7. The normalized spacial score (nSPS) is 13.6. The molecule has 0 radical (unpaired) electrons. The highest BCUT2D eigenvalue weighted by atomic mass is 35.5. The van der Waals surface area contributed by atoms with E-state index in [4.69, 9.17) is 11.6 Å². The lowest BCUT2D eigenvalue weighted by atomic mass is 9.98. The van der Waals surface area contributed by atoms with Crippen molar-refractivity contribution in [2.24, 2.45) is 0 Å². The van der Waals surface area contributed by atoms with Crippen LogP contribution in [0.5, 0.6) is 0 Å². The molecule has 0 aliphatic carbocycles. The van der Waals surface area contributed by atoms with Crippen molar-refractivity contribution in [3.63, 3.8) is 0 Å². The topological polar surface area (TPSA) is 41.1 Å². The molecule has 0 atom stereocenters. The van der Waals surface area contributed by atoms with E-state index in [9.17, 15) is 4.79 Å². The van der Waals surface area contributed by atoms with Gasteiger partial charge in [0.25, 0.3) is 5.91 Å². The van der Waals surface area contributed by atoms with Crippen LogP contribution in [0.2, 0.25) is 5.02 Å². The largest absolute Gasteiger partial charge is 0.348 e. The lowest BCUT2D eigenvalue weighted by Crippen LogP contribution is -2.26. The molecule has 1 amide bonds. The van der Waals surface area contributed by atoms with Gasteiger partial charge in [-0.3, -0.25) is 4.79 Å². The van der Waals surface area contributed by atoms with Crippen LogP contribution in [-0.4, -0.2) is 12.5 Å². The minimum atomic E-state index is -0.0525. The first kappa shape index (κ1) is 14.1. The third-order valence-corrected chi connectivity index (χ3v) is 3.93. The summed E-state index contributed by atoms with van der Waals surface area (Å²) in [5.41, 5.74) is 4.26. The molecule has 3 rings (SSSR count). The van der Waals surface area contributed by atoms with Crippen molar-refractivity contribution in [2.75, 3.05) is 6.54 Å². The molecular formula is C17H17ClN2O. The van der Waals surface area contributed by atoms with Gasteiger partial charge in [0.15, 0.2) is 0 Å². The first-order chi connectivity index (χ1) is 10.2. The second kappa shape index (κ2) is 6.29. The number of hydrogen-bond donors (Lipinski definition) is 2. The Labute approximate surface area is 129 Å². The highest BCUT2D eigenvalue weighted by Gasteiger charge is 2.12. The van der Waals surface area contributed by atoms with Crippen molar-refractivity contribution in [2.45, 2.75) is 19.5 Å². The quantitative estimate of drug-likeness (QED) is 0.915. The molecule has 0 unspecified atom stereocenters. The number of hydrogen-bond acceptors (Lipinski definition) is 2. The van der Waals surface area contributed by atoms with Gasteiger partial charge in [-0.2, -0.15) is 0 Å². The highest BCUT2D eigenvalue weighted by Crippen LogP contribution is 2.16. The molecular weight excluding hydrogens is 284 g/mol. The number of rotatable bonds is 3. The van der Waals surface area contributed by atoms with Gasteiger partial charge < -0.3 is 10.6 Å². The first-order valence-electron chi connectivity index (χ1n) is 7.07. The van der Waals surface area contributed by atoms with Gasteiger partial charge in [0.2, 0.25) is 0 Å². The van der Waals surface area contributed by atoms with E-state index < -0.39 is 0 Å². The Kier molecular flexibility index (Phi) is 4.23. The van der Waals surface area contributed by atoms with Gasteiger partial charge in [0.05, 0.1) is 0 Å². The van der Waals surface area contributed by atoms with Gasteiger partial charge in [0, 0.05) is 23.7 Å². The molecule has 2 N–H and O–H groups in total. The van der Waals surface area contributed by atoms with Gasteiger partial charge in [-0.15, -0.1) is 0 Å². The van der Waals surface area contributed by atoms with Crippen LogP contribution in [0.3, 0.4) is 0 Å². The Morgan fingerprint density at radius 3 is 2.95 bits per heavy atom. The van der Waals surface area contributed by atoms with Gasteiger partial charge >= 0.3 is 0 Å². The van der Waals surface area contributed by atoms with Gasteiger partial charge in [0.1, 0.15) is 0 Å². The first-order valence-corrected chi connectivity index (χ1v) is 7.45. The molecule has 1 heterocycles. The summed E-state index contributed by atoms with van der Waals surface area (Å²) in [5, 5.41) is 6.94. The van der Waals surface area contributed by atoms with Crippen LogP contribution in [0.1, 0.15) is 27.0 Å². The zero-order valence-electron chi connectivity index (χ0n) is 11.7. The van der Waals surface area contributed by atoms with Crippen molar-refractivity contribution >= 4 is 17.5 Å². The smallest absolute Gasteiger partial charge is 0.251 e. The van der Waals surface area contributed by atoms with E-state index in [-0.39, 0.29) is 5.91 Å². The van der Waals surface area contributed by atoms with Gasteiger partial charge in [-0.05, 0) is 53.9 Å². The molecule has 0 saturated heterocycles. The number of amides is 1. The van der Waals surface area contributed by atoms with Crippen molar-refractivity contribution in [3.05, 3.63) is 69.7 Å². The van der Waals surface area contributed by atoms with E-state index >= 15 is 0 Å². The summed E-state index contributed by atoms with van der Waals surface area (Å²) in [7, 11) is 0. The van der Waals surface area contributed by atoms with Gasteiger partial charge in [-0.1, -0.05) is 29.8 Å². The molecule has 2 aromatic rings.